The van der Waals surface area contributed by atoms with E-state index in [2.05, 4.69) is 19.2 Å². The van der Waals surface area contributed by atoms with Crippen molar-refractivity contribution in [2.45, 2.75) is 31.9 Å². The number of carbonyl (C=O) groups excluding carboxylic acids is 2. The minimum absolute atomic E-state index is 0.0172. The molecular weight excluding hydrogens is 266 g/mol. The monoisotopic (exact) mass is 288 g/mol. The van der Waals surface area contributed by atoms with Crippen molar-refractivity contribution in [3.63, 3.8) is 0 Å². The van der Waals surface area contributed by atoms with Crippen molar-refractivity contribution in [2.24, 2.45) is 11.8 Å². The van der Waals surface area contributed by atoms with Gasteiger partial charge in [0.1, 0.15) is 24.3 Å². The summed E-state index contributed by atoms with van der Waals surface area (Å²) in [7, 11) is 2.13. The highest BCUT2D eigenvalue weighted by atomic mass is 16.6. The minimum Gasteiger partial charge on any atom is -0.452 e. The standard InChI is InChI=1S/C17H21NO3/c1-11(19)15-13-9-14(12-7-5-4-6-8-12)18(3)10-17(13,2)21-16(15)20/h4-8,13-15H,9-10H2,1-3H3/p+1/t13-,14-,15+,17+/m1/s1. The van der Waals surface area contributed by atoms with Gasteiger partial charge >= 0.3 is 5.97 Å². The van der Waals surface area contributed by atoms with Gasteiger partial charge in [0, 0.05) is 17.9 Å². The molecule has 0 spiro atoms. The van der Waals surface area contributed by atoms with Crippen LogP contribution in [0.5, 0.6) is 0 Å². The molecule has 1 N–H and O–H groups in total. The van der Waals surface area contributed by atoms with E-state index < -0.39 is 11.5 Å². The number of carbonyl (C=O) groups is 2. The van der Waals surface area contributed by atoms with Crippen molar-refractivity contribution in [3.8, 4) is 0 Å². The van der Waals surface area contributed by atoms with Gasteiger partial charge in [-0.05, 0) is 13.8 Å². The largest absolute Gasteiger partial charge is 0.452 e. The Balaban J connectivity index is 1.93. The second-order valence-corrected chi connectivity index (χ2v) is 6.65. The van der Waals surface area contributed by atoms with Crippen LogP contribution >= 0.6 is 0 Å². The van der Waals surface area contributed by atoms with Crippen molar-refractivity contribution in [2.75, 3.05) is 13.6 Å². The van der Waals surface area contributed by atoms with Gasteiger partial charge in [0.25, 0.3) is 0 Å². The van der Waals surface area contributed by atoms with Crippen molar-refractivity contribution in [1.82, 2.24) is 0 Å². The number of esters is 1. The summed E-state index contributed by atoms with van der Waals surface area (Å²) in [6, 6.07) is 10.6. The first-order valence-electron chi connectivity index (χ1n) is 7.53. The molecule has 0 aliphatic carbocycles. The first-order valence-corrected chi connectivity index (χ1v) is 7.53. The number of benzene rings is 1. The summed E-state index contributed by atoms with van der Waals surface area (Å²) in [6.07, 6.45) is 0.808. The molecule has 2 saturated heterocycles. The van der Waals surface area contributed by atoms with E-state index in [9.17, 15) is 9.59 Å². The average molecular weight is 288 g/mol. The molecule has 2 aliphatic rings. The lowest BCUT2D eigenvalue weighted by atomic mass is 9.72. The van der Waals surface area contributed by atoms with E-state index in [1.165, 1.54) is 17.4 Å². The van der Waals surface area contributed by atoms with Crippen molar-refractivity contribution >= 4 is 11.8 Å². The molecular formula is C17H22NO3+. The van der Waals surface area contributed by atoms with Gasteiger partial charge in [-0.25, -0.2) is 0 Å². The maximum absolute atomic E-state index is 12.1. The van der Waals surface area contributed by atoms with Crippen molar-refractivity contribution in [3.05, 3.63) is 35.9 Å². The highest BCUT2D eigenvalue weighted by Crippen LogP contribution is 2.43. The van der Waals surface area contributed by atoms with E-state index in [-0.39, 0.29) is 17.7 Å². The van der Waals surface area contributed by atoms with Gasteiger partial charge in [-0.15, -0.1) is 0 Å². The van der Waals surface area contributed by atoms with Crippen molar-refractivity contribution in [1.29, 1.82) is 0 Å². The quantitative estimate of drug-likeness (QED) is 0.646. The second-order valence-electron chi connectivity index (χ2n) is 6.65. The third-order valence-corrected chi connectivity index (χ3v) is 5.13. The molecule has 5 atom stereocenters. The molecule has 2 heterocycles. The van der Waals surface area contributed by atoms with Gasteiger partial charge in [-0.1, -0.05) is 30.3 Å². The Hall–Kier alpha value is -1.68. The molecule has 1 aromatic rings. The molecule has 0 amide bonds. The molecule has 0 saturated carbocycles. The molecule has 1 unspecified atom stereocenters. The molecule has 21 heavy (non-hydrogen) atoms. The molecule has 4 nitrogen and oxygen atoms in total. The zero-order valence-corrected chi connectivity index (χ0v) is 12.8. The first-order chi connectivity index (χ1) is 9.92. The molecule has 0 radical (unpaired) electrons. The van der Waals surface area contributed by atoms with E-state index >= 15 is 0 Å². The highest BCUT2D eigenvalue weighted by Gasteiger charge is 2.60. The number of ether oxygens (including phenoxy) is 1. The van der Waals surface area contributed by atoms with Crippen LogP contribution in [0.3, 0.4) is 0 Å². The van der Waals surface area contributed by atoms with Crippen LogP contribution in [-0.2, 0) is 14.3 Å². The van der Waals surface area contributed by atoms with E-state index in [4.69, 9.17) is 4.74 Å². The molecule has 2 fully saturated rings. The topological polar surface area (TPSA) is 47.8 Å². The van der Waals surface area contributed by atoms with Gasteiger partial charge in [-0.3, -0.25) is 9.59 Å². The number of hydrogen-bond acceptors (Lipinski definition) is 3. The number of Topliss-reactive ketones (excluding diaryl/α,β-unsaturated/α-hetero) is 1. The van der Waals surface area contributed by atoms with E-state index in [0.29, 0.717) is 6.04 Å². The lowest BCUT2D eigenvalue weighted by Crippen LogP contribution is -3.13. The van der Waals surface area contributed by atoms with Crippen LogP contribution in [0.25, 0.3) is 0 Å². The Labute approximate surface area is 125 Å². The average Bonchev–Trinajstić information content (AvgIpc) is 2.67. The van der Waals surface area contributed by atoms with E-state index in [1.54, 1.807) is 0 Å². The summed E-state index contributed by atoms with van der Waals surface area (Å²) in [5, 5.41) is 0. The summed E-state index contributed by atoms with van der Waals surface area (Å²) in [6.45, 7) is 4.22. The Kier molecular flexibility index (Phi) is 3.36. The molecule has 112 valence electrons. The minimum atomic E-state index is -0.589. The zero-order chi connectivity index (χ0) is 15.2. The fourth-order valence-electron chi connectivity index (χ4n) is 4.13. The number of ketones is 1. The predicted molar refractivity (Wildman–Crippen MR) is 77.7 cm³/mol. The normalized spacial score (nSPS) is 38.7. The van der Waals surface area contributed by atoms with Gasteiger partial charge < -0.3 is 9.64 Å². The zero-order valence-electron chi connectivity index (χ0n) is 12.8. The Bertz CT molecular complexity index is 571. The van der Waals surface area contributed by atoms with Crippen LogP contribution in [0.2, 0.25) is 0 Å². The molecule has 0 bridgehead atoms. The van der Waals surface area contributed by atoms with Crippen LogP contribution in [0.15, 0.2) is 30.3 Å². The molecule has 2 aliphatic heterocycles. The van der Waals surface area contributed by atoms with Gasteiger partial charge in [0.05, 0.1) is 7.05 Å². The molecule has 1 aromatic carbocycles. The summed E-state index contributed by atoms with van der Waals surface area (Å²) in [5.41, 5.74) is 0.752. The fourth-order valence-corrected chi connectivity index (χ4v) is 4.13. The number of rotatable bonds is 2. The third-order valence-electron chi connectivity index (χ3n) is 5.13. The molecule has 3 rings (SSSR count). The summed E-state index contributed by atoms with van der Waals surface area (Å²) in [5.74, 6) is -1.01. The van der Waals surface area contributed by atoms with Crippen molar-refractivity contribution < 1.29 is 19.2 Å². The van der Waals surface area contributed by atoms with Gasteiger partial charge in [0.15, 0.2) is 5.60 Å². The number of fused-ring (bicyclic) bond motifs is 1. The smallest absolute Gasteiger partial charge is 0.317 e. The fraction of sp³-hybridized carbons (Fsp3) is 0.529. The summed E-state index contributed by atoms with van der Waals surface area (Å²) in [4.78, 5) is 25.3. The maximum Gasteiger partial charge on any atom is 0.317 e. The number of hydrogen-bond donors (Lipinski definition) is 1. The first kappa shape index (κ1) is 14.3. The third kappa shape index (κ3) is 2.27. The van der Waals surface area contributed by atoms with Crippen LogP contribution < -0.4 is 4.90 Å². The lowest BCUT2D eigenvalue weighted by Gasteiger charge is -2.42. The molecule has 0 aromatic heterocycles. The number of piperidine rings is 1. The Morgan fingerprint density at radius 3 is 2.62 bits per heavy atom. The van der Waals surface area contributed by atoms with Crippen LogP contribution in [0.1, 0.15) is 31.9 Å². The summed E-state index contributed by atoms with van der Waals surface area (Å²) >= 11 is 0. The lowest BCUT2D eigenvalue weighted by molar-refractivity contribution is -0.926. The van der Waals surface area contributed by atoms with E-state index in [0.717, 1.165) is 13.0 Å². The highest BCUT2D eigenvalue weighted by molar-refractivity contribution is 5.99. The second kappa shape index (κ2) is 4.95. The number of quaternary nitrogens is 1. The van der Waals surface area contributed by atoms with Crippen LogP contribution in [0.4, 0.5) is 0 Å². The number of nitrogens with one attached hydrogen (secondary N) is 1. The Morgan fingerprint density at radius 2 is 2.00 bits per heavy atom. The van der Waals surface area contributed by atoms with E-state index in [1.807, 2.05) is 25.1 Å². The number of likely N-dealkylation sites (tertiary alicyclic amines) is 1. The molecule has 4 heteroatoms. The Morgan fingerprint density at radius 1 is 1.33 bits per heavy atom. The van der Waals surface area contributed by atoms with Crippen LogP contribution in [-0.4, -0.2) is 30.9 Å². The maximum atomic E-state index is 12.1. The summed E-state index contributed by atoms with van der Waals surface area (Å²) < 4.78 is 5.60. The van der Waals surface area contributed by atoms with Gasteiger partial charge in [0.2, 0.25) is 0 Å². The number of likely N-dealkylation sites (N-methyl/N-ethyl adjacent to an activating group) is 1. The SMILES string of the molecule is CC(=O)[C@@H]1C(=O)O[C@@]2(C)C[NH+](C)[C@@H](c3ccccc3)C[C@H]12. The predicted octanol–water partition coefficient (Wildman–Crippen LogP) is 0.783. The van der Waals surface area contributed by atoms with Gasteiger partial charge in [-0.2, -0.15) is 0 Å². The van der Waals surface area contributed by atoms with Crippen LogP contribution in [0, 0.1) is 11.8 Å².